The normalized spacial score (nSPS) is 13.0. The van der Waals surface area contributed by atoms with Crippen molar-refractivity contribution in [3.63, 3.8) is 0 Å². The van der Waals surface area contributed by atoms with Gasteiger partial charge in [0.05, 0.1) is 0 Å². The average molecular weight is 970 g/mol. The summed E-state index contributed by atoms with van der Waals surface area (Å²) in [6, 6.07) is 0. The fourth-order valence-electron chi connectivity index (χ4n) is 7.52. The zero-order chi connectivity index (χ0) is 50.7. The van der Waals surface area contributed by atoms with E-state index in [-0.39, 0.29) is 37.5 Å². The zero-order valence-electron chi connectivity index (χ0n) is 45.2. The van der Waals surface area contributed by atoms with Crippen LogP contribution in [0.2, 0.25) is 0 Å². The Bertz CT molecular complexity index is 1490. The van der Waals surface area contributed by atoms with Gasteiger partial charge in [-0.2, -0.15) is 0 Å². The van der Waals surface area contributed by atoms with Crippen LogP contribution in [0.3, 0.4) is 0 Å². The molecule has 0 saturated carbocycles. The molecule has 6 nitrogen and oxygen atoms in total. The molecule has 0 saturated heterocycles. The minimum Gasteiger partial charge on any atom is -0.462 e. The molecule has 6 heteroatoms. The number of ether oxygens (including phenoxy) is 3. The summed E-state index contributed by atoms with van der Waals surface area (Å²) in [4.78, 5) is 38.1. The van der Waals surface area contributed by atoms with Gasteiger partial charge in [0, 0.05) is 19.3 Å². The standard InChI is InChI=1S/C64H104O6/c1-4-7-10-13-16-19-22-25-28-31-32-34-36-39-42-45-48-51-54-57-63(66)69-60-61(59-68-62(65)56-53-50-47-44-41-38-35-30-27-24-21-18-15-12-9-6-3)70-64(67)58-55-52-49-46-43-40-37-33-29-26-23-20-17-14-11-8-5-2/h7,9-10,12,16,18-19,21,25,27-28,30,32,34,38-39,41-42,47,50,61H,4-6,8,11,13-15,17,20,22-24,26,29,31,33,35-37,40,43-46,48-49,51-60H2,1-3H3/b10-7-,12-9-,19-16-,21-18-,28-25-,30-27-,34-32-,41-38-,42-39-,50-47-. The van der Waals surface area contributed by atoms with Gasteiger partial charge in [0.1, 0.15) is 13.2 Å². The predicted octanol–water partition coefficient (Wildman–Crippen LogP) is 19.3. The van der Waals surface area contributed by atoms with Crippen molar-refractivity contribution in [1.29, 1.82) is 0 Å². The van der Waals surface area contributed by atoms with Crippen molar-refractivity contribution < 1.29 is 28.6 Å². The molecule has 0 aromatic heterocycles. The van der Waals surface area contributed by atoms with E-state index >= 15 is 0 Å². The van der Waals surface area contributed by atoms with Crippen molar-refractivity contribution in [1.82, 2.24) is 0 Å². The number of esters is 3. The lowest BCUT2D eigenvalue weighted by Gasteiger charge is -2.18. The Labute approximate surface area is 431 Å². The first-order chi connectivity index (χ1) is 34.5. The maximum Gasteiger partial charge on any atom is 0.306 e. The van der Waals surface area contributed by atoms with E-state index in [9.17, 15) is 14.4 Å². The lowest BCUT2D eigenvalue weighted by Crippen LogP contribution is -2.30. The van der Waals surface area contributed by atoms with E-state index < -0.39 is 6.10 Å². The van der Waals surface area contributed by atoms with E-state index in [1.165, 1.54) is 89.9 Å². The Morgan fingerprint density at radius 3 is 0.957 bits per heavy atom. The predicted molar refractivity (Wildman–Crippen MR) is 302 cm³/mol. The molecular weight excluding hydrogens is 865 g/mol. The summed E-state index contributed by atoms with van der Waals surface area (Å²) in [6.45, 7) is 6.32. The zero-order valence-corrected chi connectivity index (χ0v) is 45.2. The van der Waals surface area contributed by atoms with Crippen LogP contribution >= 0.6 is 0 Å². The van der Waals surface area contributed by atoms with Gasteiger partial charge in [-0.15, -0.1) is 0 Å². The number of carbonyl (C=O) groups is 3. The highest BCUT2D eigenvalue weighted by Gasteiger charge is 2.19. The summed E-state index contributed by atoms with van der Waals surface area (Å²) < 4.78 is 16.8. The number of hydrogen-bond acceptors (Lipinski definition) is 6. The maximum atomic E-state index is 12.9. The van der Waals surface area contributed by atoms with Crippen LogP contribution in [0.5, 0.6) is 0 Å². The van der Waals surface area contributed by atoms with Gasteiger partial charge in [-0.1, -0.05) is 251 Å². The third-order valence-corrected chi connectivity index (χ3v) is 11.7. The molecule has 0 aliphatic carbocycles. The third-order valence-electron chi connectivity index (χ3n) is 11.7. The van der Waals surface area contributed by atoms with Crippen LogP contribution in [0.25, 0.3) is 0 Å². The van der Waals surface area contributed by atoms with Gasteiger partial charge in [0.2, 0.25) is 0 Å². The average Bonchev–Trinajstić information content (AvgIpc) is 3.36. The van der Waals surface area contributed by atoms with Crippen LogP contribution in [-0.2, 0) is 28.6 Å². The molecule has 1 atom stereocenters. The third kappa shape index (κ3) is 54.7. The largest absolute Gasteiger partial charge is 0.462 e. The Hall–Kier alpha value is -4.19. The first-order valence-electron chi connectivity index (χ1n) is 28.5. The molecule has 396 valence electrons. The summed E-state index contributed by atoms with van der Waals surface area (Å²) in [5, 5.41) is 0. The summed E-state index contributed by atoms with van der Waals surface area (Å²) >= 11 is 0. The van der Waals surface area contributed by atoms with E-state index in [4.69, 9.17) is 14.2 Å². The molecule has 0 aliphatic rings. The van der Waals surface area contributed by atoms with E-state index in [0.717, 1.165) is 109 Å². The quantitative estimate of drug-likeness (QED) is 0.0262. The van der Waals surface area contributed by atoms with E-state index in [2.05, 4.69) is 130 Å². The van der Waals surface area contributed by atoms with Crippen molar-refractivity contribution in [3.05, 3.63) is 122 Å². The van der Waals surface area contributed by atoms with Crippen LogP contribution in [0.4, 0.5) is 0 Å². The molecule has 0 radical (unpaired) electrons. The minimum atomic E-state index is -0.824. The second-order valence-electron chi connectivity index (χ2n) is 18.4. The van der Waals surface area contributed by atoms with Crippen molar-refractivity contribution in [2.24, 2.45) is 0 Å². The molecule has 0 spiro atoms. The number of rotatable bonds is 50. The van der Waals surface area contributed by atoms with Crippen molar-refractivity contribution >= 4 is 17.9 Å². The Kier molecular flexibility index (Phi) is 54.0. The SMILES string of the molecule is CC/C=C\C/C=C\C/C=C\C/C=C\C/C=C\CCCCCC(=O)OCC(COC(=O)CC/C=C\C/C=C\C/C=C\C/C=C\C/C=C\CC)OC(=O)CCCCCCCCCCCCCCCCCCC. The van der Waals surface area contributed by atoms with Crippen LogP contribution < -0.4 is 0 Å². The lowest BCUT2D eigenvalue weighted by molar-refractivity contribution is -0.166. The molecule has 0 aliphatic heterocycles. The monoisotopic (exact) mass is 969 g/mol. The van der Waals surface area contributed by atoms with Gasteiger partial charge in [-0.3, -0.25) is 14.4 Å². The van der Waals surface area contributed by atoms with E-state index in [0.29, 0.717) is 19.3 Å². The first-order valence-corrected chi connectivity index (χ1v) is 28.5. The highest BCUT2D eigenvalue weighted by atomic mass is 16.6. The highest BCUT2D eigenvalue weighted by Crippen LogP contribution is 2.15. The number of hydrogen-bond donors (Lipinski definition) is 0. The van der Waals surface area contributed by atoms with Crippen molar-refractivity contribution in [2.45, 2.75) is 252 Å². The first kappa shape index (κ1) is 65.8. The Balaban J connectivity index is 4.54. The van der Waals surface area contributed by atoms with Gasteiger partial charge in [-0.25, -0.2) is 0 Å². The second-order valence-corrected chi connectivity index (χ2v) is 18.4. The van der Waals surface area contributed by atoms with Gasteiger partial charge in [0.15, 0.2) is 6.10 Å². The second kappa shape index (κ2) is 57.4. The summed E-state index contributed by atoms with van der Waals surface area (Å²) in [5.74, 6) is -1.03. The summed E-state index contributed by atoms with van der Waals surface area (Å²) in [5.41, 5.74) is 0. The van der Waals surface area contributed by atoms with Gasteiger partial charge in [-0.05, 0) is 96.3 Å². The van der Waals surface area contributed by atoms with Crippen molar-refractivity contribution in [2.75, 3.05) is 13.2 Å². The minimum absolute atomic E-state index is 0.119. The number of allylic oxidation sites excluding steroid dienone is 20. The van der Waals surface area contributed by atoms with Crippen LogP contribution in [0, 0.1) is 0 Å². The maximum absolute atomic E-state index is 12.9. The molecule has 0 aromatic rings. The van der Waals surface area contributed by atoms with Gasteiger partial charge >= 0.3 is 17.9 Å². The fourth-order valence-corrected chi connectivity index (χ4v) is 7.52. The van der Waals surface area contributed by atoms with E-state index in [1.807, 2.05) is 12.2 Å². The molecule has 0 heterocycles. The van der Waals surface area contributed by atoms with Crippen LogP contribution in [0.15, 0.2) is 122 Å². The number of unbranched alkanes of at least 4 members (excludes halogenated alkanes) is 19. The highest BCUT2D eigenvalue weighted by molar-refractivity contribution is 5.71. The topological polar surface area (TPSA) is 78.9 Å². The molecule has 0 fully saturated rings. The number of carbonyl (C=O) groups excluding carboxylic acids is 3. The molecule has 70 heavy (non-hydrogen) atoms. The molecule has 0 N–H and O–H groups in total. The van der Waals surface area contributed by atoms with Crippen LogP contribution in [-0.4, -0.2) is 37.2 Å². The van der Waals surface area contributed by atoms with Crippen molar-refractivity contribution in [3.8, 4) is 0 Å². The molecule has 0 amide bonds. The van der Waals surface area contributed by atoms with Gasteiger partial charge in [0.25, 0.3) is 0 Å². The smallest absolute Gasteiger partial charge is 0.306 e. The van der Waals surface area contributed by atoms with Crippen LogP contribution in [0.1, 0.15) is 245 Å². The fraction of sp³-hybridized carbons (Fsp3) is 0.641. The molecular formula is C64H104O6. The molecule has 1 unspecified atom stereocenters. The molecule has 0 bridgehead atoms. The molecule has 0 aromatic carbocycles. The molecule has 0 rings (SSSR count). The Morgan fingerprint density at radius 2 is 0.586 bits per heavy atom. The summed E-state index contributed by atoms with van der Waals surface area (Å²) in [6.07, 6.45) is 79.1. The lowest BCUT2D eigenvalue weighted by atomic mass is 10.0. The Morgan fingerprint density at radius 1 is 0.300 bits per heavy atom. The summed E-state index contributed by atoms with van der Waals surface area (Å²) in [7, 11) is 0. The van der Waals surface area contributed by atoms with E-state index in [1.54, 1.807) is 0 Å². The van der Waals surface area contributed by atoms with Gasteiger partial charge < -0.3 is 14.2 Å².